The zero-order chi connectivity index (χ0) is 0. The average Bonchev–Trinajstić information content (AvgIpc) is 0. The second-order valence-electron chi connectivity index (χ2n) is 0. The molecule has 0 unspecified atom stereocenters. The van der Waals surface area contributed by atoms with Crippen molar-refractivity contribution in [2.45, 2.75) is 0 Å². The van der Waals surface area contributed by atoms with Crippen molar-refractivity contribution in [3.05, 3.63) is 0 Å². The minimum absolute atomic E-state index is 0. The van der Waals surface area contributed by atoms with Gasteiger partial charge in [-0.1, -0.05) is 0 Å². The van der Waals surface area contributed by atoms with Crippen LogP contribution in [0.1, 0.15) is 1.43 Å². The van der Waals surface area contributed by atoms with Crippen molar-refractivity contribution < 1.29 is 52.7 Å². The van der Waals surface area contributed by atoms with E-state index < -0.39 is 0 Å². The van der Waals surface area contributed by atoms with Gasteiger partial charge in [-0.3, -0.25) is 0 Å². The SMILES string of the molecule is Cl.Cl.Cl.Cl.[H-].[Na+].[Ti]. The van der Waals surface area contributed by atoms with Gasteiger partial charge in [0.2, 0.25) is 0 Å². The zero-order valence-electron chi connectivity index (χ0n) is 4.13. The Morgan fingerprint density at radius 3 is 0.667 bits per heavy atom. The van der Waals surface area contributed by atoms with Crippen LogP contribution in [0.15, 0.2) is 0 Å². The summed E-state index contributed by atoms with van der Waals surface area (Å²) >= 11 is 0. The minimum Gasteiger partial charge on any atom is -1.00 e. The molecule has 6 heavy (non-hydrogen) atoms. The third-order valence-corrected chi connectivity index (χ3v) is 0. The summed E-state index contributed by atoms with van der Waals surface area (Å²) in [6.45, 7) is 0. The number of halogens is 4. The Bertz CT molecular complexity index is 11.7. The van der Waals surface area contributed by atoms with Crippen LogP contribution in [-0.2, 0) is 21.7 Å². The van der Waals surface area contributed by atoms with Gasteiger partial charge in [0.1, 0.15) is 0 Å². The molecule has 0 rings (SSSR count). The molecule has 0 aliphatic heterocycles. The fourth-order valence-electron chi connectivity index (χ4n) is 0. The van der Waals surface area contributed by atoms with Crippen molar-refractivity contribution >= 4 is 49.6 Å². The summed E-state index contributed by atoms with van der Waals surface area (Å²) in [4.78, 5) is 0. The predicted molar refractivity (Wildman–Crippen MR) is 30.1 cm³/mol. The Morgan fingerprint density at radius 1 is 0.667 bits per heavy atom. The molecule has 0 aliphatic rings. The molecule has 0 aromatic heterocycles. The maximum Gasteiger partial charge on any atom is 1.00 e. The summed E-state index contributed by atoms with van der Waals surface area (Å²) in [5, 5.41) is 0. The Morgan fingerprint density at radius 2 is 0.667 bits per heavy atom. The van der Waals surface area contributed by atoms with Gasteiger partial charge in [0.15, 0.2) is 0 Å². The molecule has 0 nitrogen and oxygen atoms in total. The van der Waals surface area contributed by atoms with E-state index in [1.54, 1.807) is 0 Å². The molecule has 0 aromatic carbocycles. The zero-order valence-corrected chi connectivity index (χ0v) is 9.96. The summed E-state index contributed by atoms with van der Waals surface area (Å²) in [6, 6.07) is 0. The van der Waals surface area contributed by atoms with E-state index in [-0.39, 0.29) is 102 Å². The predicted octanol–water partition coefficient (Wildman–Crippen LogP) is -1.20. The van der Waals surface area contributed by atoms with E-state index >= 15 is 0 Å². The maximum absolute atomic E-state index is 0. The first-order chi connectivity index (χ1) is 0. The van der Waals surface area contributed by atoms with Gasteiger partial charge in [-0.2, -0.15) is 0 Å². The van der Waals surface area contributed by atoms with E-state index in [1.165, 1.54) is 0 Å². The van der Waals surface area contributed by atoms with Crippen LogP contribution in [0.2, 0.25) is 0 Å². The summed E-state index contributed by atoms with van der Waals surface area (Å²) in [6.07, 6.45) is 0. The topological polar surface area (TPSA) is 0 Å². The summed E-state index contributed by atoms with van der Waals surface area (Å²) in [5.41, 5.74) is 0. The Balaban J connectivity index is 0. The van der Waals surface area contributed by atoms with Crippen molar-refractivity contribution in [1.82, 2.24) is 0 Å². The van der Waals surface area contributed by atoms with Gasteiger partial charge in [-0.05, 0) is 0 Å². The molecule has 0 fully saturated rings. The van der Waals surface area contributed by atoms with E-state index in [4.69, 9.17) is 0 Å². The molecule has 0 bridgehead atoms. The van der Waals surface area contributed by atoms with E-state index in [9.17, 15) is 0 Å². The Kier molecular flexibility index (Phi) is 500. The molecule has 0 amide bonds. The molecule has 0 aliphatic carbocycles. The average molecular weight is 218 g/mol. The quantitative estimate of drug-likeness (QED) is 0.448. The number of hydrogen-bond donors (Lipinski definition) is 0. The molecular formula is H5Cl4NaTi. The molecule has 0 saturated carbocycles. The maximum atomic E-state index is 0. The summed E-state index contributed by atoms with van der Waals surface area (Å²) < 4.78 is 0. The standard InChI is InChI=1S/4ClH.Na.Ti.H/h4*1H;;;/q;;;;+1;;-1. The van der Waals surface area contributed by atoms with Crippen molar-refractivity contribution in [3.63, 3.8) is 0 Å². The third kappa shape index (κ3) is 28.7. The molecule has 0 spiro atoms. The fourth-order valence-corrected chi connectivity index (χ4v) is 0. The van der Waals surface area contributed by atoms with Gasteiger partial charge < -0.3 is 1.43 Å². The van der Waals surface area contributed by atoms with Crippen molar-refractivity contribution in [3.8, 4) is 0 Å². The third-order valence-electron chi connectivity index (χ3n) is 0. The molecule has 0 heterocycles. The number of rotatable bonds is 0. The second kappa shape index (κ2) is 45.0. The van der Waals surface area contributed by atoms with E-state index in [1.807, 2.05) is 0 Å². The van der Waals surface area contributed by atoms with Crippen molar-refractivity contribution in [2.75, 3.05) is 0 Å². The Hall–Kier alpha value is 2.87. The normalized spacial score (nSPS) is 0. The van der Waals surface area contributed by atoms with Gasteiger partial charge in [0, 0.05) is 21.7 Å². The first kappa shape index (κ1) is 66.6. The molecule has 0 N–H and O–H groups in total. The van der Waals surface area contributed by atoms with E-state index in [0.29, 0.717) is 0 Å². The van der Waals surface area contributed by atoms with Crippen molar-refractivity contribution in [2.24, 2.45) is 0 Å². The van der Waals surface area contributed by atoms with Crippen LogP contribution in [0.3, 0.4) is 0 Å². The second-order valence-corrected chi connectivity index (χ2v) is 0. The van der Waals surface area contributed by atoms with Crippen LogP contribution in [0.5, 0.6) is 0 Å². The van der Waals surface area contributed by atoms with Crippen LogP contribution in [-0.4, -0.2) is 0 Å². The van der Waals surface area contributed by atoms with Gasteiger partial charge in [-0.25, -0.2) is 0 Å². The van der Waals surface area contributed by atoms with Crippen LogP contribution in [0.25, 0.3) is 0 Å². The molecular weight excluding hydrogens is 213 g/mol. The smallest absolute Gasteiger partial charge is 1.00 e. The van der Waals surface area contributed by atoms with Crippen LogP contribution < -0.4 is 29.6 Å². The first-order valence-corrected chi connectivity index (χ1v) is 0. The van der Waals surface area contributed by atoms with Gasteiger partial charge >= 0.3 is 29.6 Å². The minimum atomic E-state index is 0. The van der Waals surface area contributed by atoms with Crippen LogP contribution in [0, 0.1) is 0 Å². The number of hydrogen-bond acceptors (Lipinski definition) is 0. The molecule has 0 saturated heterocycles. The summed E-state index contributed by atoms with van der Waals surface area (Å²) in [7, 11) is 0. The monoisotopic (exact) mass is 216 g/mol. The van der Waals surface area contributed by atoms with Crippen molar-refractivity contribution in [1.29, 1.82) is 0 Å². The largest absolute Gasteiger partial charge is 1.00 e. The van der Waals surface area contributed by atoms with Gasteiger partial charge in [-0.15, -0.1) is 49.6 Å². The van der Waals surface area contributed by atoms with Gasteiger partial charge in [0.25, 0.3) is 0 Å². The fraction of sp³-hybridized carbons (Fsp3) is 0. The molecule has 0 aromatic rings. The van der Waals surface area contributed by atoms with Gasteiger partial charge in [0.05, 0.1) is 0 Å². The Labute approximate surface area is 101 Å². The molecule has 0 radical (unpaired) electrons. The molecule has 6 heteroatoms. The molecule has 0 atom stereocenters. The summed E-state index contributed by atoms with van der Waals surface area (Å²) in [5.74, 6) is 0. The van der Waals surface area contributed by atoms with Crippen LogP contribution >= 0.6 is 49.6 Å². The van der Waals surface area contributed by atoms with E-state index in [2.05, 4.69) is 0 Å². The van der Waals surface area contributed by atoms with E-state index in [0.717, 1.165) is 0 Å². The van der Waals surface area contributed by atoms with Crippen LogP contribution in [0.4, 0.5) is 0 Å². The first-order valence-electron chi connectivity index (χ1n) is 0. The molecule has 38 valence electrons.